The third kappa shape index (κ3) is 2.91. The van der Waals surface area contributed by atoms with Gasteiger partial charge in [0.2, 0.25) is 0 Å². The van der Waals surface area contributed by atoms with E-state index in [1.165, 1.54) is 18.4 Å². The molecule has 1 aromatic carbocycles. The number of hydrogen-bond donors (Lipinski definition) is 1. The summed E-state index contributed by atoms with van der Waals surface area (Å²) in [7, 11) is 1.04. The van der Waals surface area contributed by atoms with E-state index in [0.717, 1.165) is 47.6 Å². The van der Waals surface area contributed by atoms with E-state index in [2.05, 4.69) is 17.1 Å². The van der Waals surface area contributed by atoms with Gasteiger partial charge in [-0.15, -0.1) is 0 Å². The normalized spacial score (nSPS) is 22.9. The van der Waals surface area contributed by atoms with Crippen LogP contribution in [-0.2, 0) is 11.1 Å². The Kier molecular flexibility index (Phi) is 4.13. The van der Waals surface area contributed by atoms with E-state index < -0.39 is 7.12 Å². The molecule has 5 rings (SSSR count). The molecule has 1 saturated carbocycles. The number of ether oxygens (including phenoxy) is 2. The van der Waals surface area contributed by atoms with Gasteiger partial charge in [-0.05, 0) is 61.8 Å². The lowest BCUT2D eigenvalue weighted by molar-refractivity contribution is 0.0996. The fourth-order valence-corrected chi connectivity index (χ4v) is 4.85. The van der Waals surface area contributed by atoms with Crippen molar-refractivity contribution in [2.75, 3.05) is 13.7 Å². The van der Waals surface area contributed by atoms with Crippen molar-refractivity contribution in [3.05, 3.63) is 41.6 Å². The molecule has 5 nitrogen and oxygen atoms in total. The molecule has 1 saturated heterocycles. The topological polar surface area (TPSA) is 60.8 Å². The van der Waals surface area contributed by atoms with Crippen molar-refractivity contribution in [3.63, 3.8) is 0 Å². The monoisotopic (exact) mass is 365 g/mol. The van der Waals surface area contributed by atoms with Crippen LogP contribution in [0.2, 0.25) is 6.32 Å². The van der Waals surface area contributed by atoms with Crippen molar-refractivity contribution in [1.82, 2.24) is 4.98 Å². The van der Waals surface area contributed by atoms with Crippen LogP contribution in [0, 0.1) is 0 Å². The molecular weight excluding hydrogens is 341 g/mol. The molecule has 2 aromatic rings. The maximum atomic E-state index is 9.68. The van der Waals surface area contributed by atoms with E-state index in [4.69, 9.17) is 14.1 Å². The fraction of sp³-hybridized carbons (Fsp3) is 0.476. The van der Waals surface area contributed by atoms with Gasteiger partial charge in [0.15, 0.2) is 11.5 Å². The van der Waals surface area contributed by atoms with Crippen LogP contribution >= 0.6 is 0 Å². The van der Waals surface area contributed by atoms with E-state index in [9.17, 15) is 5.02 Å². The first-order valence-corrected chi connectivity index (χ1v) is 9.82. The quantitative estimate of drug-likeness (QED) is 0.843. The largest absolute Gasteiger partial charge is 0.493 e. The molecule has 0 radical (unpaired) electrons. The number of benzene rings is 1. The van der Waals surface area contributed by atoms with Crippen molar-refractivity contribution in [3.8, 4) is 22.8 Å². The average molecular weight is 365 g/mol. The molecule has 3 heterocycles. The standard InChI is InChI=1S/C21H24BNO4/c1-25-19-5-4-16(17-11-21(27-20(17)19)7-2-3-8-21)18-10-14(6-9-23-18)15-12-22(24)26-13-15/h4-6,9-10,15,24H,2-3,7-8,11-13H2,1H3/t15-/m0/s1. The van der Waals surface area contributed by atoms with Gasteiger partial charge in [0.25, 0.3) is 0 Å². The lowest BCUT2D eigenvalue weighted by Gasteiger charge is -2.22. The first-order chi connectivity index (χ1) is 13.2. The summed E-state index contributed by atoms with van der Waals surface area (Å²) in [4.78, 5) is 4.65. The summed E-state index contributed by atoms with van der Waals surface area (Å²) in [5.74, 6) is 1.91. The molecule has 6 heteroatoms. The molecule has 0 amide bonds. The minimum Gasteiger partial charge on any atom is -0.493 e. The highest BCUT2D eigenvalue weighted by Crippen LogP contribution is 2.51. The number of aromatic nitrogens is 1. The van der Waals surface area contributed by atoms with E-state index in [1.54, 1.807) is 7.11 Å². The Morgan fingerprint density at radius 3 is 2.85 bits per heavy atom. The van der Waals surface area contributed by atoms with Crippen molar-refractivity contribution < 1.29 is 19.2 Å². The van der Waals surface area contributed by atoms with Crippen molar-refractivity contribution in [2.24, 2.45) is 0 Å². The Balaban J connectivity index is 1.54. The molecule has 0 unspecified atom stereocenters. The van der Waals surface area contributed by atoms with Gasteiger partial charge in [0.1, 0.15) is 5.60 Å². The molecule has 1 aromatic heterocycles. The summed E-state index contributed by atoms with van der Waals surface area (Å²) in [6, 6.07) is 8.24. The second-order valence-corrected chi connectivity index (χ2v) is 7.99. The Labute approximate surface area is 159 Å². The zero-order chi connectivity index (χ0) is 18.4. The summed E-state index contributed by atoms with van der Waals surface area (Å²) in [5.41, 5.74) is 4.38. The summed E-state index contributed by atoms with van der Waals surface area (Å²) < 4.78 is 17.4. The van der Waals surface area contributed by atoms with E-state index >= 15 is 0 Å². The molecule has 1 atom stereocenters. The molecule has 140 valence electrons. The second kappa shape index (κ2) is 6.53. The average Bonchev–Trinajstić information content (AvgIpc) is 3.41. The first kappa shape index (κ1) is 17.1. The predicted molar refractivity (Wildman–Crippen MR) is 103 cm³/mol. The molecule has 1 N–H and O–H groups in total. The number of methoxy groups -OCH3 is 1. The number of fused-ring (bicyclic) bond motifs is 1. The van der Waals surface area contributed by atoms with Crippen molar-refractivity contribution in [2.45, 2.75) is 49.9 Å². The lowest BCUT2D eigenvalue weighted by Crippen LogP contribution is -2.30. The van der Waals surface area contributed by atoms with Gasteiger partial charge >= 0.3 is 7.12 Å². The zero-order valence-corrected chi connectivity index (χ0v) is 15.6. The van der Waals surface area contributed by atoms with Crippen LogP contribution in [0.15, 0.2) is 30.5 Å². The second-order valence-electron chi connectivity index (χ2n) is 7.99. The molecule has 1 spiro atoms. The lowest BCUT2D eigenvalue weighted by atomic mass is 9.79. The third-order valence-corrected chi connectivity index (χ3v) is 6.28. The summed E-state index contributed by atoms with van der Waals surface area (Å²) in [5, 5.41) is 9.68. The van der Waals surface area contributed by atoms with Gasteiger partial charge in [0.05, 0.1) is 12.8 Å². The molecule has 2 aliphatic heterocycles. The maximum Gasteiger partial charge on any atom is 0.454 e. The Bertz CT molecular complexity index is 865. The molecule has 2 fully saturated rings. The molecule has 27 heavy (non-hydrogen) atoms. The number of pyridine rings is 1. The van der Waals surface area contributed by atoms with Gasteiger partial charge in [-0.1, -0.05) is 0 Å². The van der Waals surface area contributed by atoms with Crippen LogP contribution in [0.3, 0.4) is 0 Å². The fourth-order valence-electron chi connectivity index (χ4n) is 4.85. The summed E-state index contributed by atoms with van der Waals surface area (Å²) in [6.07, 6.45) is 8.08. The highest BCUT2D eigenvalue weighted by molar-refractivity contribution is 6.43. The Hall–Kier alpha value is -2.05. The van der Waals surface area contributed by atoms with Crippen molar-refractivity contribution in [1.29, 1.82) is 0 Å². The Morgan fingerprint density at radius 1 is 1.26 bits per heavy atom. The van der Waals surface area contributed by atoms with Crippen LogP contribution in [0.25, 0.3) is 11.3 Å². The number of hydrogen-bond acceptors (Lipinski definition) is 5. The minimum absolute atomic E-state index is 0.0628. The number of nitrogens with zero attached hydrogens (tertiary/aromatic N) is 1. The van der Waals surface area contributed by atoms with Crippen LogP contribution in [0.1, 0.15) is 42.7 Å². The highest BCUT2D eigenvalue weighted by Gasteiger charge is 2.44. The van der Waals surface area contributed by atoms with Crippen LogP contribution in [0.5, 0.6) is 11.5 Å². The molecule has 1 aliphatic carbocycles. The van der Waals surface area contributed by atoms with Crippen LogP contribution in [-0.4, -0.2) is 36.4 Å². The van der Waals surface area contributed by atoms with Gasteiger partial charge in [0, 0.05) is 36.3 Å². The van der Waals surface area contributed by atoms with Crippen LogP contribution in [0.4, 0.5) is 0 Å². The molecular formula is C21H24BNO4. The summed E-state index contributed by atoms with van der Waals surface area (Å²) >= 11 is 0. The highest BCUT2D eigenvalue weighted by atomic mass is 16.5. The zero-order valence-electron chi connectivity index (χ0n) is 15.6. The third-order valence-electron chi connectivity index (χ3n) is 6.28. The van der Waals surface area contributed by atoms with Crippen LogP contribution < -0.4 is 9.47 Å². The smallest absolute Gasteiger partial charge is 0.454 e. The molecule has 0 bridgehead atoms. The minimum atomic E-state index is -0.660. The van der Waals surface area contributed by atoms with E-state index in [1.807, 2.05) is 18.3 Å². The van der Waals surface area contributed by atoms with Crippen molar-refractivity contribution >= 4 is 7.12 Å². The van der Waals surface area contributed by atoms with E-state index in [-0.39, 0.29) is 11.5 Å². The first-order valence-electron chi connectivity index (χ1n) is 9.82. The van der Waals surface area contributed by atoms with Gasteiger partial charge in [-0.3, -0.25) is 4.98 Å². The van der Waals surface area contributed by atoms with Gasteiger partial charge in [-0.25, -0.2) is 0 Å². The Morgan fingerprint density at radius 2 is 2.11 bits per heavy atom. The van der Waals surface area contributed by atoms with Gasteiger partial charge in [-0.2, -0.15) is 0 Å². The predicted octanol–water partition coefficient (Wildman–Crippen LogP) is 3.60. The van der Waals surface area contributed by atoms with Gasteiger partial charge < -0.3 is 19.2 Å². The SMILES string of the molecule is COc1ccc(-c2cc([C@@H]3COB(O)C3)ccn2)c2c1OC1(CCCC1)C2. The number of rotatable bonds is 3. The maximum absolute atomic E-state index is 9.68. The van der Waals surface area contributed by atoms with E-state index in [0.29, 0.717) is 12.9 Å². The molecule has 3 aliphatic rings. The summed E-state index contributed by atoms with van der Waals surface area (Å²) in [6.45, 7) is 0.553.